The van der Waals surface area contributed by atoms with Gasteiger partial charge in [0.1, 0.15) is 5.82 Å². The lowest BCUT2D eigenvalue weighted by Crippen LogP contribution is -2.29. The fourth-order valence-electron chi connectivity index (χ4n) is 2.05. The smallest absolute Gasteiger partial charge is 0.338 e. The van der Waals surface area contributed by atoms with Crippen LogP contribution in [-0.4, -0.2) is 33.4 Å². The Balaban J connectivity index is 2.08. The van der Waals surface area contributed by atoms with Crippen molar-refractivity contribution in [3.8, 4) is 0 Å². The molecule has 0 aliphatic carbocycles. The minimum absolute atomic E-state index is 0.0136. The van der Waals surface area contributed by atoms with Crippen molar-refractivity contribution in [3.63, 3.8) is 0 Å². The van der Waals surface area contributed by atoms with E-state index in [1.54, 1.807) is 0 Å². The molecular formula is C18H19FN2O5S. The number of carbonyl (C=O) groups excluding carboxylic acids is 2. The number of hydrogen-bond acceptors (Lipinski definition) is 5. The molecule has 0 bridgehead atoms. The second kappa shape index (κ2) is 9.13. The highest BCUT2D eigenvalue weighted by Crippen LogP contribution is 2.18. The summed E-state index contributed by atoms with van der Waals surface area (Å²) in [6.07, 6.45) is 0.751. The molecule has 0 radical (unpaired) electrons. The second-order valence-electron chi connectivity index (χ2n) is 5.57. The molecule has 0 atom stereocenters. The Morgan fingerprint density at radius 1 is 1.11 bits per heavy atom. The number of rotatable bonds is 8. The molecule has 0 fully saturated rings. The summed E-state index contributed by atoms with van der Waals surface area (Å²) >= 11 is 0. The molecule has 1 amide bonds. The summed E-state index contributed by atoms with van der Waals surface area (Å²) in [5.41, 5.74) is 0.164. The Kier molecular flexibility index (Phi) is 6.89. The average molecular weight is 394 g/mol. The van der Waals surface area contributed by atoms with Gasteiger partial charge in [0.05, 0.1) is 10.5 Å². The first-order valence-corrected chi connectivity index (χ1v) is 9.62. The van der Waals surface area contributed by atoms with Crippen molar-refractivity contribution in [1.29, 1.82) is 0 Å². The molecule has 0 aliphatic heterocycles. The van der Waals surface area contributed by atoms with Crippen LogP contribution in [0.1, 0.15) is 23.7 Å². The Hall–Kier alpha value is -2.94. The van der Waals surface area contributed by atoms with Gasteiger partial charge in [0, 0.05) is 12.2 Å². The lowest BCUT2D eigenvalue weighted by molar-refractivity contribution is -0.124. The number of halogens is 1. The number of sulfonamides is 1. The minimum Gasteiger partial charge on any atom is -0.452 e. The van der Waals surface area contributed by atoms with Gasteiger partial charge in [0.15, 0.2) is 6.61 Å². The van der Waals surface area contributed by atoms with Crippen molar-refractivity contribution in [1.82, 2.24) is 5.32 Å². The standard InChI is InChI=1S/C18H19FN2O5S/c1-2-10-20-17(22)12-26-18(23)13-4-3-5-16(11-13)27(24,25)21-15-8-6-14(19)7-9-15/h3-9,11,21H,2,10,12H2,1H3,(H,20,22). The molecule has 0 spiro atoms. The van der Waals surface area contributed by atoms with Crippen LogP contribution in [0.4, 0.5) is 10.1 Å². The fourth-order valence-corrected chi connectivity index (χ4v) is 3.16. The Morgan fingerprint density at radius 3 is 2.48 bits per heavy atom. The van der Waals surface area contributed by atoms with Crippen LogP contribution < -0.4 is 10.0 Å². The lowest BCUT2D eigenvalue weighted by atomic mass is 10.2. The molecule has 0 saturated carbocycles. The number of hydrogen-bond donors (Lipinski definition) is 2. The number of anilines is 1. The molecule has 27 heavy (non-hydrogen) atoms. The molecule has 144 valence electrons. The zero-order valence-electron chi connectivity index (χ0n) is 14.6. The lowest BCUT2D eigenvalue weighted by Gasteiger charge is -2.10. The fraction of sp³-hybridized carbons (Fsp3) is 0.222. The molecule has 2 aromatic carbocycles. The summed E-state index contributed by atoms with van der Waals surface area (Å²) in [6.45, 7) is 1.90. The number of carbonyl (C=O) groups is 2. The molecule has 0 aliphatic rings. The van der Waals surface area contributed by atoms with Crippen molar-refractivity contribution in [2.24, 2.45) is 0 Å². The van der Waals surface area contributed by atoms with Gasteiger partial charge < -0.3 is 10.1 Å². The summed E-state index contributed by atoms with van der Waals surface area (Å²) in [4.78, 5) is 23.3. The first-order valence-electron chi connectivity index (χ1n) is 8.14. The van der Waals surface area contributed by atoms with E-state index in [1.165, 1.54) is 30.3 Å². The average Bonchev–Trinajstić information content (AvgIpc) is 2.66. The largest absolute Gasteiger partial charge is 0.452 e. The van der Waals surface area contributed by atoms with Gasteiger partial charge >= 0.3 is 5.97 Å². The van der Waals surface area contributed by atoms with Gasteiger partial charge in [-0.2, -0.15) is 0 Å². The molecule has 0 heterocycles. The summed E-state index contributed by atoms with van der Waals surface area (Å²) in [7, 11) is -3.98. The van der Waals surface area contributed by atoms with Crippen LogP contribution >= 0.6 is 0 Å². The van der Waals surface area contributed by atoms with E-state index in [2.05, 4.69) is 10.0 Å². The van der Waals surface area contributed by atoms with Crippen LogP contribution in [0.25, 0.3) is 0 Å². The van der Waals surface area contributed by atoms with Crippen LogP contribution in [0.5, 0.6) is 0 Å². The number of esters is 1. The highest BCUT2D eigenvalue weighted by Gasteiger charge is 2.17. The van der Waals surface area contributed by atoms with Crippen LogP contribution in [0.3, 0.4) is 0 Å². The van der Waals surface area contributed by atoms with E-state index in [0.717, 1.165) is 24.6 Å². The molecule has 2 aromatic rings. The number of nitrogens with one attached hydrogen (secondary N) is 2. The monoisotopic (exact) mass is 394 g/mol. The van der Waals surface area contributed by atoms with Gasteiger partial charge in [-0.3, -0.25) is 9.52 Å². The van der Waals surface area contributed by atoms with Gasteiger partial charge in [-0.05, 0) is 48.9 Å². The van der Waals surface area contributed by atoms with E-state index in [4.69, 9.17) is 4.74 Å². The van der Waals surface area contributed by atoms with Crippen molar-refractivity contribution >= 4 is 27.6 Å². The predicted molar refractivity (Wildman–Crippen MR) is 97.2 cm³/mol. The van der Waals surface area contributed by atoms with Crippen molar-refractivity contribution < 1.29 is 27.1 Å². The Bertz CT molecular complexity index is 914. The maximum atomic E-state index is 12.9. The quantitative estimate of drug-likeness (QED) is 0.669. The maximum absolute atomic E-state index is 12.9. The third kappa shape index (κ3) is 6.07. The van der Waals surface area contributed by atoms with Gasteiger partial charge in [0.2, 0.25) is 0 Å². The first kappa shape index (κ1) is 20.4. The van der Waals surface area contributed by atoms with E-state index >= 15 is 0 Å². The van der Waals surface area contributed by atoms with Crippen LogP contribution in [0.2, 0.25) is 0 Å². The summed E-state index contributed by atoms with van der Waals surface area (Å²) in [6, 6.07) is 10.00. The topological polar surface area (TPSA) is 102 Å². The molecule has 2 rings (SSSR count). The van der Waals surface area contributed by atoms with Crippen molar-refractivity contribution in [3.05, 3.63) is 59.9 Å². The predicted octanol–water partition coefficient (Wildman–Crippen LogP) is 2.31. The van der Waals surface area contributed by atoms with Gasteiger partial charge in [-0.1, -0.05) is 13.0 Å². The minimum atomic E-state index is -3.98. The van der Waals surface area contributed by atoms with E-state index in [0.29, 0.717) is 6.54 Å². The number of amides is 1. The Labute approximate surface area is 156 Å². The third-order valence-corrected chi connectivity index (χ3v) is 4.76. The van der Waals surface area contributed by atoms with E-state index in [-0.39, 0.29) is 16.1 Å². The zero-order chi connectivity index (χ0) is 19.9. The molecule has 0 aromatic heterocycles. The highest BCUT2D eigenvalue weighted by atomic mass is 32.2. The molecular weight excluding hydrogens is 375 g/mol. The van der Waals surface area contributed by atoms with Crippen LogP contribution in [0.15, 0.2) is 53.4 Å². The van der Waals surface area contributed by atoms with Crippen molar-refractivity contribution in [2.45, 2.75) is 18.2 Å². The molecule has 9 heteroatoms. The zero-order valence-corrected chi connectivity index (χ0v) is 15.4. The highest BCUT2D eigenvalue weighted by molar-refractivity contribution is 7.92. The van der Waals surface area contributed by atoms with Crippen molar-refractivity contribution in [2.75, 3.05) is 17.9 Å². The first-order chi connectivity index (χ1) is 12.8. The van der Waals surface area contributed by atoms with E-state index < -0.39 is 34.3 Å². The number of benzene rings is 2. The maximum Gasteiger partial charge on any atom is 0.338 e. The molecule has 7 nitrogen and oxygen atoms in total. The van der Waals surface area contributed by atoms with Crippen LogP contribution in [-0.2, 0) is 19.6 Å². The van der Waals surface area contributed by atoms with Crippen LogP contribution in [0, 0.1) is 5.82 Å². The van der Waals surface area contributed by atoms with Gasteiger partial charge in [-0.25, -0.2) is 17.6 Å². The van der Waals surface area contributed by atoms with Gasteiger partial charge in [-0.15, -0.1) is 0 Å². The number of ether oxygens (including phenoxy) is 1. The SMILES string of the molecule is CCCNC(=O)COC(=O)c1cccc(S(=O)(=O)Nc2ccc(F)cc2)c1. The summed E-state index contributed by atoms with van der Waals surface area (Å²) in [5, 5.41) is 2.56. The molecule has 2 N–H and O–H groups in total. The molecule has 0 saturated heterocycles. The van der Waals surface area contributed by atoms with Gasteiger partial charge in [0.25, 0.3) is 15.9 Å². The Morgan fingerprint density at radius 2 is 1.81 bits per heavy atom. The summed E-state index contributed by atoms with van der Waals surface area (Å²) < 4.78 is 44.9. The van der Waals surface area contributed by atoms with E-state index in [9.17, 15) is 22.4 Å². The van der Waals surface area contributed by atoms with E-state index in [1.807, 2.05) is 6.92 Å². The summed E-state index contributed by atoms with van der Waals surface area (Å²) in [5.74, 6) is -1.75. The third-order valence-electron chi connectivity index (χ3n) is 3.38. The molecule has 0 unspecified atom stereocenters. The second-order valence-corrected chi connectivity index (χ2v) is 7.25. The normalized spacial score (nSPS) is 10.9.